The van der Waals surface area contributed by atoms with Crippen molar-refractivity contribution in [2.45, 2.75) is 13.3 Å². The van der Waals surface area contributed by atoms with E-state index in [0.717, 1.165) is 39.0 Å². The first kappa shape index (κ1) is 10.7. The van der Waals surface area contributed by atoms with E-state index in [4.69, 9.17) is 0 Å². The van der Waals surface area contributed by atoms with E-state index in [1.54, 1.807) is 0 Å². The molecule has 1 unspecified atom stereocenters. The van der Waals surface area contributed by atoms with Gasteiger partial charge in [0.05, 0.1) is 0 Å². The molecule has 0 saturated carbocycles. The summed E-state index contributed by atoms with van der Waals surface area (Å²) >= 11 is 0. The van der Waals surface area contributed by atoms with E-state index in [0.29, 0.717) is 12.3 Å². The van der Waals surface area contributed by atoms with Crippen LogP contribution in [-0.4, -0.2) is 55.9 Å². The summed E-state index contributed by atoms with van der Waals surface area (Å²) in [5.41, 5.74) is 0. The van der Waals surface area contributed by atoms with E-state index in [9.17, 15) is 4.79 Å². The number of piperazine rings is 1. The molecule has 0 N–H and O–H groups in total. The lowest BCUT2D eigenvalue weighted by Crippen LogP contribution is -2.45. The lowest BCUT2D eigenvalue weighted by atomic mass is 10.1. The second-order valence-electron chi connectivity index (χ2n) is 4.11. The van der Waals surface area contributed by atoms with Crippen LogP contribution in [0.5, 0.6) is 0 Å². The van der Waals surface area contributed by atoms with E-state index >= 15 is 0 Å². The lowest BCUT2D eigenvalue weighted by molar-refractivity contribution is -0.108. The summed E-state index contributed by atoms with van der Waals surface area (Å²) in [4.78, 5) is 15.1. The molecular formula is C10H20N2O. The number of rotatable bonds is 4. The maximum absolute atomic E-state index is 10.3. The lowest BCUT2D eigenvalue weighted by Gasteiger charge is -2.33. The maximum atomic E-state index is 10.3. The first-order chi connectivity index (χ1) is 6.22. The largest absolute Gasteiger partial charge is 0.304 e. The summed E-state index contributed by atoms with van der Waals surface area (Å²) in [7, 11) is 2.16. The highest BCUT2D eigenvalue weighted by Gasteiger charge is 2.15. The molecule has 1 fully saturated rings. The second kappa shape index (κ2) is 5.35. The van der Waals surface area contributed by atoms with Gasteiger partial charge in [0.15, 0.2) is 0 Å². The number of hydrogen-bond acceptors (Lipinski definition) is 3. The van der Waals surface area contributed by atoms with E-state index in [2.05, 4.69) is 23.8 Å². The zero-order valence-electron chi connectivity index (χ0n) is 8.70. The van der Waals surface area contributed by atoms with Gasteiger partial charge < -0.3 is 14.6 Å². The summed E-state index contributed by atoms with van der Waals surface area (Å²) in [6.45, 7) is 7.85. The minimum Gasteiger partial charge on any atom is -0.304 e. The zero-order chi connectivity index (χ0) is 9.68. The van der Waals surface area contributed by atoms with Gasteiger partial charge in [-0.2, -0.15) is 0 Å². The fraction of sp³-hybridized carbons (Fsp3) is 0.900. The number of carbonyl (C=O) groups is 1. The Balaban J connectivity index is 2.18. The molecule has 0 aromatic carbocycles. The fourth-order valence-corrected chi connectivity index (χ4v) is 1.71. The molecule has 76 valence electrons. The van der Waals surface area contributed by atoms with Crippen molar-refractivity contribution in [1.82, 2.24) is 9.80 Å². The minimum atomic E-state index is 0.515. The molecule has 0 bridgehead atoms. The maximum Gasteiger partial charge on any atom is 0.120 e. The standard InChI is InChI=1S/C10H20N2O/c1-10(3-8-13)9-12-6-4-11(2)5-7-12/h8,10H,3-7,9H2,1-2H3. The number of nitrogens with zero attached hydrogens (tertiary/aromatic N) is 2. The molecular weight excluding hydrogens is 164 g/mol. The zero-order valence-corrected chi connectivity index (χ0v) is 8.70. The Bertz CT molecular complexity index is 153. The second-order valence-corrected chi connectivity index (χ2v) is 4.11. The van der Waals surface area contributed by atoms with Crippen LogP contribution in [0, 0.1) is 5.92 Å². The summed E-state index contributed by atoms with van der Waals surface area (Å²) in [5.74, 6) is 0.515. The molecule has 13 heavy (non-hydrogen) atoms. The summed E-state index contributed by atoms with van der Waals surface area (Å²) < 4.78 is 0. The highest BCUT2D eigenvalue weighted by molar-refractivity contribution is 5.49. The van der Waals surface area contributed by atoms with Crippen LogP contribution in [-0.2, 0) is 4.79 Å². The average molecular weight is 184 g/mol. The molecule has 3 nitrogen and oxygen atoms in total. The quantitative estimate of drug-likeness (QED) is 0.593. The molecule has 1 aliphatic heterocycles. The minimum absolute atomic E-state index is 0.515. The third-order valence-electron chi connectivity index (χ3n) is 2.66. The van der Waals surface area contributed by atoms with E-state index in [-0.39, 0.29) is 0 Å². The van der Waals surface area contributed by atoms with Crippen molar-refractivity contribution >= 4 is 6.29 Å². The van der Waals surface area contributed by atoms with Crippen molar-refractivity contribution in [2.75, 3.05) is 39.8 Å². The van der Waals surface area contributed by atoms with Gasteiger partial charge in [0.25, 0.3) is 0 Å². The van der Waals surface area contributed by atoms with Crippen LogP contribution in [0.2, 0.25) is 0 Å². The van der Waals surface area contributed by atoms with E-state index in [1.807, 2.05) is 0 Å². The summed E-state index contributed by atoms with van der Waals surface area (Å²) in [6, 6.07) is 0. The van der Waals surface area contributed by atoms with Crippen molar-refractivity contribution in [3.8, 4) is 0 Å². The van der Waals surface area contributed by atoms with Crippen LogP contribution in [0.4, 0.5) is 0 Å². The Morgan fingerprint density at radius 3 is 2.46 bits per heavy atom. The molecule has 3 heteroatoms. The van der Waals surface area contributed by atoms with Crippen molar-refractivity contribution in [3.63, 3.8) is 0 Å². The van der Waals surface area contributed by atoms with Gasteiger partial charge in [0, 0.05) is 39.1 Å². The van der Waals surface area contributed by atoms with Gasteiger partial charge in [0.2, 0.25) is 0 Å². The van der Waals surface area contributed by atoms with Gasteiger partial charge in [-0.15, -0.1) is 0 Å². The molecule has 1 saturated heterocycles. The molecule has 1 atom stereocenters. The third kappa shape index (κ3) is 3.87. The highest BCUT2D eigenvalue weighted by Crippen LogP contribution is 2.06. The van der Waals surface area contributed by atoms with E-state index in [1.165, 1.54) is 0 Å². The number of carbonyl (C=O) groups excluding carboxylic acids is 1. The molecule has 0 radical (unpaired) electrons. The molecule has 0 spiro atoms. The number of likely N-dealkylation sites (N-methyl/N-ethyl adjacent to an activating group) is 1. The summed E-state index contributed by atoms with van der Waals surface area (Å²) in [5, 5.41) is 0. The Labute approximate surface area is 80.7 Å². The van der Waals surface area contributed by atoms with Crippen LogP contribution in [0.1, 0.15) is 13.3 Å². The molecule has 1 heterocycles. The van der Waals surface area contributed by atoms with Gasteiger partial charge in [-0.1, -0.05) is 6.92 Å². The third-order valence-corrected chi connectivity index (χ3v) is 2.66. The smallest absolute Gasteiger partial charge is 0.120 e. The predicted octanol–water partition coefficient (Wildman–Crippen LogP) is 0.459. The van der Waals surface area contributed by atoms with Gasteiger partial charge >= 0.3 is 0 Å². The highest BCUT2D eigenvalue weighted by atomic mass is 16.1. The SMILES string of the molecule is CC(CC=O)CN1CCN(C)CC1. The first-order valence-corrected chi connectivity index (χ1v) is 5.07. The van der Waals surface area contributed by atoms with Crippen molar-refractivity contribution in [1.29, 1.82) is 0 Å². The first-order valence-electron chi connectivity index (χ1n) is 5.07. The number of hydrogen-bond donors (Lipinski definition) is 0. The van der Waals surface area contributed by atoms with Gasteiger partial charge in [-0.05, 0) is 13.0 Å². The van der Waals surface area contributed by atoms with Gasteiger partial charge in [0.1, 0.15) is 6.29 Å². The molecule has 0 aromatic rings. The van der Waals surface area contributed by atoms with Crippen molar-refractivity contribution in [2.24, 2.45) is 5.92 Å². The van der Waals surface area contributed by atoms with Crippen LogP contribution >= 0.6 is 0 Å². The van der Waals surface area contributed by atoms with Crippen LogP contribution in [0.25, 0.3) is 0 Å². The van der Waals surface area contributed by atoms with Crippen molar-refractivity contribution in [3.05, 3.63) is 0 Å². The monoisotopic (exact) mass is 184 g/mol. The fourth-order valence-electron chi connectivity index (χ4n) is 1.71. The normalized spacial score (nSPS) is 22.9. The van der Waals surface area contributed by atoms with Gasteiger partial charge in [-0.3, -0.25) is 0 Å². The topological polar surface area (TPSA) is 23.6 Å². The average Bonchev–Trinajstić information content (AvgIpc) is 2.09. The Morgan fingerprint density at radius 2 is 1.92 bits per heavy atom. The van der Waals surface area contributed by atoms with Crippen molar-refractivity contribution < 1.29 is 4.79 Å². The summed E-state index contributed by atoms with van der Waals surface area (Å²) in [6.07, 6.45) is 1.73. The molecule has 0 amide bonds. The molecule has 1 aliphatic rings. The van der Waals surface area contributed by atoms with Gasteiger partial charge in [-0.25, -0.2) is 0 Å². The predicted molar refractivity (Wildman–Crippen MR) is 53.8 cm³/mol. The number of aldehydes is 1. The van der Waals surface area contributed by atoms with E-state index < -0.39 is 0 Å². The Morgan fingerprint density at radius 1 is 1.31 bits per heavy atom. The Kier molecular flexibility index (Phi) is 4.39. The van der Waals surface area contributed by atoms with Crippen LogP contribution in [0.15, 0.2) is 0 Å². The molecule has 0 aliphatic carbocycles. The molecule has 1 rings (SSSR count). The van der Waals surface area contributed by atoms with Crippen LogP contribution in [0.3, 0.4) is 0 Å². The Hall–Kier alpha value is -0.410. The molecule has 0 aromatic heterocycles. The van der Waals surface area contributed by atoms with Crippen LogP contribution < -0.4 is 0 Å².